The molecule has 0 bridgehead atoms. The van der Waals surface area contributed by atoms with Gasteiger partial charge in [0.1, 0.15) is 23.0 Å². The molecule has 0 fully saturated rings. The minimum absolute atomic E-state index is 0.157. The van der Waals surface area contributed by atoms with E-state index >= 15 is 0 Å². The first-order valence-electron chi connectivity index (χ1n) is 9.67. The van der Waals surface area contributed by atoms with E-state index in [1.54, 1.807) is 48.5 Å². The molecule has 0 aromatic heterocycles. The van der Waals surface area contributed by atoms with E-state index < -0.39 is 11.8 Å². The van der Waals surface area contributed by atoms with Crippen LogP contribution >= 0.6 is 0 Å². The third-order valence-corrected chi connectivity index (χ3v) is 4.72. The molecule has 32 heavy (non-hydrogen) atoms. The van der Waals surface area contributed by atoms with Crippen LogP contribution in [0, 0.1) is 0 Å². The van der Waals surface area contributed by atoms with Gasteiger partial charge in [0.05, 0.1) is 50.9 Å². The summed E-state index contributed by atoms with van der Waals surface area (Å²) in [6.07, 6.45) is 0. The summed E-state index contributed by atoms with van der Waals surface area (Å²) < 4.78 is 21.3. The van der Waals surface area contributed by atoms with Gasteiger partial charge in [-0.1, -0.05) is 24.3 Å². The molecular weight excluding hydrogens is 412 g/mol. The zero-order valence-electron chi connectivity index (χ0n) is 18.2. The number of rotatable bonds is 8. The molecule has 0 atom stereocenters. The van der Waals surface area contributed by atoms with E-state index in [2.05, 4.69) is 10.6 Å². The second-order valence-corrected chi connectivity index (χ2v) is 6.56. The molecule has 0 aliphatic rings. The Balaban J connectivity index is 1.98. The van der Waals surface area contributed by atoms with Crippen molar-refractivity contribution in [1.82, 2.24) is 0 Å². The Morgan fingerprint density at radius 3 is 1.31 bits per heavy atom. The van der Waals surface area contributed by atoms with Crippen LogP contribution < -0.4 is 29.6 Å². The Bertz CT molecular complexity index is 1040. The number of amides is 2. The van der Waals surface area contributed by atoms with Crippen LogP contribution in [0.5, 0.6) is 23.0 Å². The standard InChI is InChI=1S/C24H24N2O6/c1-29-19-11-7-5-9-17(19)25-23(27)15-13-16(22(32-4)14-21(15)31-3)24(28)26-18-10-6-8-12-20(18)30-2/h5-14H,1-4H3,(H,25,27)(H,26,28). The lowest BCUT2D eigenvalue weighted by Gasteiger charge is -2.16. The van der Waals surface area contributed by atoms with Gasteiger partial charge in [-0.05, 0) is 30.3 Å². The molecule has 3 aromatic carbocycles. The largest absolute Gasteiger partial charge is 0.496 e. The summed E-state index contributed by atoms with van der Waals surface area (Å²) in [5.74, 6) is 0.566. The third kappa shape index (κ3) is 4.75. The normalized spacial score (nSPS) is 10.1. The fourth-order valence-corrected chi connectivity index (χ4v) is 3.13. The maximum atomic E-state index is 13.1. The molecular formula is C24H24N2O6. The Kier molecular flexibility index (Phi) is 7.17. The van der Waals surface area contributed by atoms with Gasteiger partial charge >= 0.3 is 0 Å². The fourth-order valence-electron chi connectivity index (χ4n) is 3.13. The van der Waals surface area contributed by atoms with Crippen molar-refractivity contribution in [2.75, 3.05) is 39.1 Å². The van der Waals surface area contributed by atoms with Crippen LogP contribution in [0.2, 0.25) is 0 Å². The van der Waals surface area contributed by atoms with Crippen molar-refractivity contribution in [3.63, 3.8) is 0 Å². The monoisotopic (exact) mass is 436 g/mol. The number of hydrogen-bond donors (Lipinski definition) is 2. The number of carbonyl (C=O) groups is 2. The number of benzene rings is 3. The molecule has 0 unspecified atom stereocenters. The van der Waals surface area contributed by atoms with Gasteiger partial charge in [-0.25, -0.2) is 0 Å². The maximum absolute atomic E-state index is 13.1. The van der Waals surface area contributed by atoms with Crippen molar-refractivity contribution >= 4 is 23.2 Å². The highest BCUT2D eigenvalue weighted by Gasteiger charge is 2.22. The van der Waals surface area contributed by atoms with Crippen molar-refractivity contribution in [3.05, 3.63) is 71.8 Å². The molecule has 0 saturated carbocycles. The Labute approximate surface area is 186 Å². The second-order valence-electron chi connectivity index (χ2n) is 6.56. The topological polar surface area (TPSA) is 95.1 Å². The molecule has 2 N–H and O–H groups in total. The Morgan fingerprint density at radius 2 is 0.938 bits per heavy atom. The van der Waals surface area contributed by atoms with E-state index in [1.807, 2.05) is 0 Å². The van der Waals surface area contributed by atoms with Crippen molar-refractivity contribution in [2.24, 2.45) is 0 Å². The molecule has 0 radical (unpaired) electrons. The lowest BCUT2D eigenvalue weighted by atomic mass is 10.1. The van der Waals surface area contributed by atoms with Crippen LogP contribution in [0.25, 0.3) is 0 Å². The second kappa shape index (κ2) is 10.2. The number of methoxy groups -OCH3 is 4. The van der Waals surface area contributed by atoms with E-state index in [0.717, 1.165) is 0 Å². The molecule has 3 aromatic rings. The van der Waals surface area contributed by atoms with Crippen molar-refractivity contribution < 1.29 is 28.5 Å². The third-order valence-electron chi connectivity index (χ3n) is 4.72. The molecule has 166 valence electrons. The van der Waals surface area contributed by atoms with Gasteiger partial charge in [0, 0.05) is 6.07 Å². The number of anilines is 2. The quantitative estimate of drug-likeness (QED) is 0.549. The number of ether oxygens (including phenoxy) is 4. The highest BCUT2D eigenvalue weighted by molar-refractivity contribution is 6.12. The molecule has 2 amide bonds. The number of para-hydroxylation sites is 4. The average Bonchev–Trinajstić information content (AvgIpc) is 2.83. The first-order valence-corrected chi connectivity index (χ1v) is 9.67. The Hall–Kier alpha value is -4.20. The summed E-state index contributed by atoms with van der Waals surface area (Å²) in [5, 5.41) is 5.58. The highest BCUT2D eigenvalue weighted by Crippen LogP contribution is 2.32. The highest BCUT2D eigenvalue weighted by atomic mass is 16.5. The lowest BCUT2D eigenvalue weighted by molar-refractivity contribution is 0.102. The van der Waals surface area contributed by atoms with Gasteiger partial charge in [-0.3, -0.25) is 9.59 Å². The van der Waals surface area contributed by atoms with Crippen LogP contribution in [0.3, 0.4) is 0 Å². The molecule has 3 rings (SSSR count). The molecule has 0 spiro atoms. The summed E-state index contributed by atoms with van der Waals surface area (Å²) >= 11 is 0. The van der Waals surface area contributed by atoms with Gasteiger partial charge < -0.3 is 29.6 Å². The predicted octanol–water partition coefficient (Wildman–Crippen LogP) is 4.23. The van der Waals surface area contributed by atoms with Crippen molar-refractivity contribution in [3.8, 4) is 23.0 Å². The molecule has 0 heterocycles. The summed E-state index contributed by atoms with van der Waals surface area (Å²) in [6, 6.07) is 16.9. The summed E-state index contributed by atoms with van der Waals surface area (Å²) in [7, 11) is 5.89. The predicted molar refractivity (Wildman–Crippen MR) is 121 cm³/mol. The first kappa shape index (κ1) is 22.5. The minimum atomic E-state index is -0.472. The van der Waals surface area contributed by atoms with Crippen LogP contribution in [0.15, 0.2) is 60.7 Å². The molecule has 0 aliphatic carbocycles. The smallest absolute Gasteiger partial charge is 0.259 e. The van der Waals surface area contributed by atoms with E-state index in [1.165, 1.54) is 40.6 Å². The van der Waals surface area contributed by atoms with Crippen LogP contribution in [-0.4, -0.2) is 40.3 Å². The SMILES string of the molecule is COc1ccccc1NC(=O)c1cc(C(=O)Nc2ccccc2OC)c(OC)cc1OC. The van der Waals surface area contributed by atoms with Crippen molar-refractivity contribution in [1.29, 1.82) is 0 Å². The lowest BCUT2D eigenvalue weighted by Crippen LogP contribution is -2.18. The summed E-state index contributed by atoms with van der Waals surface area (Å²) in [4.78, 5) is 26.1. The van der Waals surface area contributed by atoms with Gasteiger partial charge in [-0.2, -0.15) is 0 Å². The molecule has 0 aliphatic heterocycles. The van der Waals surface area contributed by atoms with Gasteiger partial charge in [-0.15, -0.1) is 0 Å². The molecule has 8 nitrogen and oxygen atoms in total. The van der Waals surface area contributed by atoms with Crippen LogP contribution in [0.1, 0.15) is 20.7 Å². The van der Waals surface area contributed by atoms with E-state index in [4.69, 9.17) is 18.9 Å². The summed E-state index contributed by atoms with van der Waals surface area (Å²) in [6.45, 7) is 0. The zero-order valence-corrected chi connectivity index (χ0v) is 18.2. The number of nitrogens with one attached hydrogen (secondary N) is 2. The van der Waals surface area contributed by atoms with Crippen molar-refractivity contribution in [2.45, 2.75) is 0 Å². The first-order chi connectivity index (χ1) is 15.5. The molecule has 8 heteroatoms. The van der Waals surface area contributed by atoms with Crippen LogP contribution in [-0.2, 0) is 0 Å². The van der Waals surface area contributed by atoms with Crippen LogP contribution in [0.4, 0.5) is 11.4 Å². The van der Waals surface area contributed by atoms with Gasteiger partial charge in [0.25, 0.3) is 11.8 Å². The number of carbonyl (C=O) groups excluding carboxylic acids is 2. The molecule has 0 saturated heterocycles. The van der Waals surface area contributed by atoms with Gasteiger partial charge in [0.2, 0.25) is 0 Å². The van der Waals surface area contributed by atoms with E-state index in [-0.39, 0.29) is 22.6 Å². The zero-order chi connectivity index (χ0) is 23.1. The van der Waals surface area contributed by atoms with E-state index in [0.29, 0.717) is 22.9 Å². The summed E-state index contributed by atoms with van der Waals surface area (Å²) in [5.41, 5.74) is 1.28. The Morgan fingerprint density at radius 1 is 0.562 bits per heavy atom. The average molecular weight is 436 g/mol. The van der Waals surface area contributed by atoms with E-state index in [9.17, 15) is 9.59 Å². The minimum Gasteiger partial charge on any atom is -0.496 e. The maximum Gasteiger partial charge on any atom is 0.259 e. The van der Waals surface area contributed by atoms with Gasteiger partial charge in [0.15, 0.2) is 0 Å². The fraction of sp³-hybridized carbons (Fsp3) is 0.167. The number of hydrogen-bond acceptors (Lipinski definition) is 6.